The predicted molar refractivity (Wildman–Crippen MR) is 46.4 cm³/mol. The van der Waals surface area contributed by atoms with Crippen LogP contribution < -0.4 is 0 Å². The Morgan fingerprint density at radius 3 is 2.17 bits per heavy atom. The molecule has 12 heavy (non-hydrogen) atoms. The van der Waals surface area contributed by atoms with Gasteiger partial charge in [0.15, 0.2) is 6.29 Å². The van der Waals surface area contributed by atoms with Gasteiger partial charge < -0.3 is 9.84 Å². The van der Waals surface area contributed by atoms with Gasteiger partial charge in [0, 0.05) is 5.57 Å². The van der Waals surface area contributed by atoms with Crippen LogP contribution in [-0.2, 0) is 9.53 Å². The molecule has 3 heteroatoms. The third-order valence-electron chi connectivity index (χ3n) is 1.43. The molecular weight excluding hydrogens is 156 g/mol. The predicted octanol–water partition coefficient (Wildman–Crippen LogP) is 1.47. The van der Waals surface area contributed by atoms with E-state index in [-0.39, 0.29) is 5.41 Å². The maximum Gasteiger partial charge on any atom is 0.336 e. The normalized spacial score (nSPS) is 13.8. The first kappa shape index (κ1) is 11.2. The Morgan fingerprint density at radius 2 is 1.92 bits per heavy atom. The molecule has 1 unspecified atom stereocenters. The van der Waals surface area contributed by atoms with Crippen molar-refractivity contribution in [1.29, 1.82) is 0 Å². The van der Waals surface area contributed by atoms with E-state index in [0.717, 1.165) is 0 Å². The summed E-state index contributed by atoms with van der Waals surface area (Å²) >= 11 is 0. The summed E-state index contributed by atoms with van der Waals surface area (Å²) in [5, 5.41) is 8.75. The molecule has 0 bridgehead atoms. The minimum Gasteiger partial charge on any atom is -0.433 e. The van der Waals surface area contributed by atoms with Gasteiger partial charge in [0.25, 0.3) is 0 Å². The first-order valence-electron chi connectivity index (χ1n) is 3.83. The van der Waals surface area contributed by atoms with Crippen LogP contribution in [0, 0.1) is 5.41 Å². The minimum atomic E-state index is -1.07. The summed E-state index contributed by atoms with van der Waals surface area (Å²) in [4.78, 5) is 11.1. The van der Waals surface area contributed by atoms with E-state index in [0.29, 0.717) is 5.57 Å². The molecule has 0 aliphatic carbocycles. The van der Waals surface area contributed by atoms with Gasteiger partial charge >= 0.3 is 5.97 Å². The van der Waals surface area contributed by atoms with Crippen LogP contribution in [0.25, 0.3) is 0 Å². The van der Waals surface area contributed by atoms with Crippen molar-refractivity contribution in [3.8, 4) is 0 Å². The molecule has 0 aliphatic heterocycles. The van der Waals surface area contributed by atoms with Crippen LogP contribution in [0.3, 0.4) is 0 Å². The molecule has 0 saturated carbocycles. The van der Waals surface area contributed by atoms with Gasteiger partial charge in [-0.25, -0.2) is 4.79 Å². The highest BCUT2D eigenvalue weighted by molar-refractivity contribution is 5.89. The van der Waals surface area contributed by atoms with Crippen LogP contribution in [0.2, 0.25) is 0 Å². The summed E-state index contributed by atoms with van der Waals surface area (Å²) in [6.07, 6.45) is -1.07. The van der Waals surface area contributed by atoms with Crippen molar-refractivity contribution in [3.63, 3.8) is 0 Å². The summed E-state index contributed by atoms with van der Waals surface area (Å²) in [7, 11) is 0. The van der Waals surface area contributed by atoms with Crippen LogP contribution in [0.4, 0.5) is 0 Å². The van der Waals surface area contributed by atoms with E-state index in [1.807, 2.05) is 20.8 Å². The zero-order valence-corrected chi connectivity index (χ0v) is 8.05. The van der Waals surface area contributed by atoms with Gasteiger partial charge in [-0.2, -0.15) is 0 Å². The molecule has 1 atom stereocenters. The number of ether oxygens (including phenoxy) is 1. The van der Waals surface area contributed by atoms with Crippen molar-refractivity contribution in [2.75, 3.05) is 0 Å². The van der Waals surface area contributed by atoms with Gasteiger partial charge in [0.05, 0.1) is 0 Å². The second-order valence-electron chi connectivity index (χ2n) is 3.73. The van der Waals surface area contributed by atoms with E-state index in [1.165, 1.54) is 6.92 Å². The standard InChI is InChI=1S/C9H16O3/c1-6(9(3,4)5)8(11)12-7(2)10/h7,10H,1H2,2-5H3. The fourth-order valence-corrected chi connectivity index (χ4v) is 0.532. The van der Waals surface area contributed by atoms with Crippen LogP contribution in [0.1, 0.15) is 27.7 Å². The van der Waals surface area contributed by atoms with Crippen LogP contribution in [-0.4, -0.2) is 17.4 Å². The second-order valence-corrected chi connectivity index (χ2v) is 3.73. The van der Waals surface area contributed by atoms with E-state index in [2.05, 4.69) is 11.3 Å². The van der Waals surface area contributed by atoms with Gasteiger partial charge in [-0.3, -0.25) is 0 Å². The van der Waals surface area contributed by atoms with Crippen molar-refractivity contribution in [2.45, 2.75) is 34.0 Å². The lowest BCUT2D eigenvalue weighted by Gasteiger charge is -2.20. The number of carbonyl (C=O) groups excluding carboxylic acids is 1. The number of carbonyl (C=O) groups is 1. The molecule has 0 aromatic heterocycles. The average molecular weight is 172 g/mol. The van der Waals surface area contributed by atoms with E-state index in [4.69, 9.17) is 5.11 Å². The van der Waals surface area contributed by atoms with E-state index in [1.54, 1.807) is 0 Å². The number of hydrogen-bond donors (Lipinski definition) is 1. The molecule has 0 fully saturated rings. The highest BCUT2D eigenvalue weighted by Crippen LogP contribution is 2.24. The fraction of sp³-hybridized carbons (Fsp3) is 0.667. The quantitative estimate of drug-likeness (QED) is 0.390. The van der Waals surface area contributed by atoms with Crippen LogP contribution in [0.15, 0.2) is 12.2 Å². The Bertz CT molecular complexity index is 186. The lowest BCUT2D eigenvalue weighted by atomic mass is 9.88. The van der Waals surface area contributed by atoms with E-state index >= 15 is 0 Å². The van der Waals surface area contributed by atoms with Crippen molar-refractivity contribution in [2.24, 2.45) is 5.41 Å². The molecule has 0 radical (unpaired) electrons. The molecule has 0 aromatic rings. The summed E-state index contributed by atoms with van der Waals surface area (Å²) in [5.41, 5.74) is 0.0507. The number of aliphatic hydroxyl groups excluding tert-OH is 1. The minimum absolute atomic E-state index is 0.314. The number of rotatable bonds is 2. The summed E-state index contributed by atoms with van der Waals surface area (Å²) in [6, 6.07) is 0. The van der Waals surface area contributed by atoms with Crippen molar-refractivity contribution in [1.82, 2.24) is 0 Å². The molecule has 0 amide bonds. The molecule has 0 heterocycles. The number of hydrogen-bond acceptors (Lipinski definition) is 3. The van der Waals surface area contributed by atoms with Gasteiger partial charge in [-0.05, 0) is 12.3 Å². The Kier molecular flexibility index (Phi) is 3.46. The Hall–Kier alpha value is -0.830. The van der Waals surface area contributed by atoms with Crippen molar-refractivity contribution >= 4 is 5.97 Å². The molecule has 1 N–H and O–H groups in total. The molecule has 0 saturated heterocycles. The third-order valence-corrected chi connectivity index (χ3v) is 1.43. The Balaban J connectivity index is 4.22. The van der Waals surface area contributed by atoms with Gasteiger partial charge in [-0.1, -0.05) is 27.4 Å². The molecule has 0 aliphatic rings. The lowest BCUT2D eigenvalue weighted by molar-refractivity contribution is -0.160. The highest BCUT2D eigenvalue weighted by atomic mass is 16.6. The summed E-state index contributed by atoms with van der Waals surface area (Å²) in [5.74, 6) is -0.544. The monoisotopic (exact) mass is 172 g/mol. The smallest absolute Gasteiger partial charge is 0.336 e. The average Bonchev–Trinajstić information content (AvgIpc) is 1.82. The lowest BCUT2D eigenvalue weighted by Crippen LogP contribution is -2.22. The van der Waals surface area contributed by atoms with Crippen LogP contribution in [0.5, 0.6) is 0 Å². The molecule has 0 aromatic carbocycles. The first-order valence-corrected chi connectivity index (χ1v) is 3.83. The topological polar surface area (TPSA) is 46.5 Å². The highest BCUT2D eigenvalue weighted by Gasteiger charge is 2.23. The summed E-state index contributed by atoms with van der Waals surface area (Å²) < 4.78 is 4.56. The molecule has 0 rings (SSSR count). The Labute approximate surface area is 73.0 Å². The van der Waals surface area contributed by atoms with Crippen molar-refractivity contribution in [3.05, 3.63) is 12.2 Å². The fourth-order valence-electron chi connectivity index (χ4n) is 0.532. The summed E-state index contributed by atoms with van der Waals surface area (Å²) in [6.45, 7) is 10.6. The zero-order valence-electron chi connectivity index (χ0n) is 8.05. The molecule has 0 spiro atoms. The van der Waals surface area contributed by atoms with E-state index in [9.17, 15) is 4.79 Å². The molecule has 3 nitrogen and oxygen atoms in total. The largest absolute Gasteiger partial charge is 0.433 e. The molecule has 70 valence electrons. The molecular formula is C9H16O3. The van der Waals surface area contributed by atoms with Gasteiger partial charge in [0.2, 0.25) is 0 Å². The SMILES string of the molecule is C=C(C(=O)OC(C)O)C(C)(C)C. The van der Waals surface area contributed by atoms with E-state index < -0.39 is 12.3 Å². The van der Waals surface area contributed by atoms with Gasteiger partial charge in [0.1, 0.15) is 0 Å². The maximum atomic E-state index is 11.1. The first-order chi connectivity index (χ1) is 5.25. The maximum absolute atomic E-state index is 11.1. The third kappa shape index (κ3) is 3.53. The zero-order chi connectivity index (χ0) is 9.94. The van der Waals surface area contributed by atoms with Crippen molar-refractivity contribution < 1.29 is 14.6 Å². The second kappa shape index (κ2) is 3.72. The van der Waals surface area contributed by atoms with Crippen LogP contribution >= 0.6 is 0 Å². The van der Waals surface area contributed by atoms with Gasteiger partial charge in [-0.15, -0.1) is 0 Å². The number of esters is 1. The Morgan fingerprint density at radius 1 is 1.50 bits per heavy atom. The number of aliphatic hydroxyl groups is 1.